The molecule has 0 bridgehead atoms. The first kappa shape index (κ1) is 26.8. The highest BCUT2D eigenvalue weighted by Crippen LogP contribution is 2.36. The molecule has 0 aliphatic heterocycles. The third-order valence-electron chi connectivity index (χ3n) is 6.75. The highest BCUT2D eigenvalue weighted by Gasteiger charge is 2.24. The number of nitrogens with zero attached hydrogens (tertiary/aromatic N) is 2. The van der Waals surface area contributed by atoms with E-state index < -0.39 is 0 Å². The summed E-state index contributed by atoms with van der Waals surface area (Å²) in [5.74, 6) is 1.44. The van der Waals surface area contributed by atoms with Crippen LogP contribution in [0.4, 0.5) is 0 Å². The van der Waals surface area contributed by atoms with Crippen molar-refractivity contribution < 1.29 is 9.53 Å². The van der Waals surface area contributed by atoms with Crippen molar-refractivity contribution in [3.8, 4) is 16.9 Å². The second kappa shape index (κ2) is 12.8. The average Bonchev–Trinajstić information content (AvgIpc) is 2.86. The van der Waals surface area contributed by atoms with Gasteiger partial charge in [0.05, 0.1) is 0 Å². The van der Waals surface area contributed by atoms with Crippen LogP contribution >= 0.6 is 12.4 Å². The van der Waals surface area contributed by atoms with Crippen molar-refractivity contribution in [3.63, 3.8) is 0 Å². The molecule has 1 aliphatic rings. The molecule has 35 heavy (non-hydrogen) atoms. The van der Waals surface area contributed by atoms with E-state index in [1.54, 1.807) is 0 Å². The molecule has 5 heteroatoms. The number of hydrogen-bond acceptors (Lipinski definition) is 3. The summed E-state index contributed by atoms with van der Waals surface area (Å²) in [5, 5.41) is 0. The molecular formula is C30H37ClN2O2. The minimum Gasteiger partial charge on any atom is -0.489 e. The summed E-state index contributed by atoms with van der Waals surface area (Å²) in [6.45, 7) is 2.20. The second-order valence-electron chi connectivity index (χ2n) is 9.62. The fourth-order valence-electron chi connectivity index (χ4n) is 4.63. The Kier molecular flexibility index (Phi) is 9.76. The Morgan fingerprint density at radius 1 is 0.914 bits per heavy atom. The van der Waals surface area contributed by atoms with Crippen LogP contribution in [0.25, 0.3) is 11.1 Å². The predicted molar refractivity (Wildman–Crippen MR) is 146 cm³/mol. The number of aryl methyl sites for hydroxylation is 1. The van der Waals surface area contributed by atoms with Crippen molar-refractivity contribution in [2.24, 2.45) is 0 Å². The van der Waals surface area contributed by atoms with Crippen LogP contribution in [0.15, 0.2) is 72.8 Å². The van der Waals surface area contributed by atoms with E-state index in [0.717, 1.165) is 43.7 Å². The second-order valence-corrected chi connectivity index (χ2v) is 9.62. The number of carbonyl (C=O) groups is 1. The van der Waals surface area contributed by atoms with Gasteiger partial charge >= 0.3 is 0 Å². The first-order valence-electron chi connectivity index (χ1n) is 12.3. The lowest BCUT2D eigenvalue weighted by atomic mass is 9.80. The van der Waals surface area contributed by atoms with Gasteiger partial charge in [-0.15, -0.1) is 12.4 Å². The van der Waals surface area contributed by atoms with E-state index in [9.17, 15) is 4.79 Å². The van der Waals surface area contributed by atoms with Gasteiger partial charge in [-0.2, -0.15) is 0 Å². The van der Waals surface area contributed by atoms with E-state index in [0.29, 0.717) is 18.9 Å². The van der Waals surface area contributed by atoms with Gasteiger partial charge < -0.3 is 14.5 Å². The molecule has 1 atom stereocenters. The average molecular weight is 493 g/mol. The number of rotatable bonds is 9. The van der Waals surface area contributed by atoms with Crippen molar-refractivity contribution in [2.75, 3.05) is 34.2 Å². The van der Waals surface area contributed by atoms with Gasteiger partial charge in [-0.3, -0.25) is 4.79 Å². The molecule has 3 aromatic rings. The minimum absolute atomic E-state index is 0. The molecular weight excluding hydrogens is 456 g/mol. The monoisotopic (exact) mass is 492 g/mol. The number of hydrogen-bond donors (Lipinski definition) is 0. The Bertz CT molecular complexity index is 1080. The smallest absolute Gasteiger partial charge is 0.222 e. The first-order chi connectivity index (χ1) is 16.5. The SMILES string of the molecule is CN(C)CCN(C)C(=O)CC1CCCc2cc(OCc3ccc(-c4ccccc4)cc3)ccc21.Cl. The summed E-state index contributed by atoms with van der Waals surface area (Å²) >= 11 is 0. The van der Waals surface area contributed by atoms with Crippen LogP contribution in [0.5, 0.6) is 5.75 Å². The van der Waals surface area contributed by atoms with Crippen molar-refractivity contribution >= 4 is 18.3 Å². The zero-order valence-electron chi connectivity index (χ0n) is 21.1. The lowest BCUT2D eigenvalue weighted by Gasteiger charge is -2.28. The van der Waals surface area contributed by atoms with Crippen LogP contribution < -0.4 is 4.74 Å². The van der Waals surface area contributed by atoms with Crippen LogP contribution in [0.2, 0.25) is 0 Å². The van der Waals surface area contributed by atoms with Crippen LogP contribution in [-0.4, -0.2) is 49.9 Å². The summed E-state index contributed by atoms with van der Waals surface area (Å²) in [5.41, 5.74) is 6.24. The zero-order chi connectivity index (χ0) is 23.9. The maximum absolute atomic E-state index is 12.8. The Balaban J connectivity index is 0.00000342. The highest BCUT2D eigenvalue weighted by atomic mass is 35.5. The molecule has 0 radical (unpaired) electrons. The molecule has 0 aromatic heterocycles. The molecule has 3 aromatic carbocycles. The van der Waals surface area contributed by atoms with Crippen molar-refractivity contribution in [1.82, 2.24) is 9.80 Å². The van der Waals surface area contributed by atoms with Crippen molar-refractivity contribution in [1.29, 1.82) is 0 Å². The Morgan fingerprint density at radius 2 is 1.63 bits per heavy atom. The fraction of sp³-hybridized carbons (Fsp3) is 0.367. The lowest BCUT2D eigenvalue weighted by molar-refractivity contribution is -0.130. The molecule has 0 saturated carbocycles. The first-order valence-corrected chi connectivity index (χ1v) is 12.3. The number of carbonyl (C=O) groups excluding carboxylic acids is 1. The van der Waals surface area contributed by atoms with Gasteiger partial charge in [0.15, 0.2) is 0 Å². The molecule has 4 rings (SSSR count). The number of likely N-dealkylation sites (N-methyl/N-ethyl adjacent to an activating group) is 2. The Hall–Kier alpha value is -2.82. The maximum atomic E-state index is 12.8. The maximum Gasteiger partial charge on any atom is 0.222 e. The number of amides is 1. The molecule has 0 fully saturated rings. The topological polar surface area (TPSA) is 32.8 Å². The summed E-state index contributed by atoms with van der Waals surface area (Å²) in [6, 6.07) is 25.4. The van der Waals surface area contributed by atoms with Crippen molar-refractivity contribution in [3.05, 3.63) is 89.5 Å². The van der Waals surface area contributed by atoms with Gasteiger partial charge in [0.2, 0.25) is 5.91 Å². The molecule has 0 saturated heterocycles. The van der Waals surface area contributed by atoms with Gasteiger partial charge in [-0.25, -0.2) is 0 Å². The Morgan fingerprint density at radius 3 is 2.34 bits per heavy atom. The molecule has 1 aliphatic carbocycles. The van der Waals surface area contributed by atoms with E-state index >= 15 is 0 Å². The third-order valence-corrected chi connectivity index (χ3v) is 6.75. The van der Waals surface area contributed by atoms with Crippen LogP contribution in [-0.2, 0) is 17.8 Å². The number of halogens is 1. The normalized spacial score (nSPS) is 14.7. The van der Waals surface area contributed by atoms with Gasteiger partial charge in [-0.05, 0) is 79.2 Å². The Labute approximate surface area is 216 Å². The van der Waals surface area contributed by atoms with E-state index in [4.69, 9.17) is 4.74 Å². The molecule has 0 heterocycles. The predicted octanol–water partition coefficient (Wildman–Crippen LogP) is 6.18. The van der Waals surface area contributed by atoms with Gasteiger partial charge in [-0.1, -0.05) is 60.7 Å². The van der Waals surface area contributed by atoms with E-state index in [2.05, 4.69) is 71.6 Å². The largest absolute Gasteiger partial charge is 0.489 e. The van der Waals surface area contributed by atoms with Crippen LogP contribution in [0, 0.1) is 0 Å². The summed E-state index contributed by atoms with van der Waals surface area (Å²) in [6.07, 6.45) is 3.84. The summed E-state index contributed by atoms with van der Waals surface area (Å²) < 4.78 is 6.13. The van der Waals surface area contributed by atoms with Gasteiger partial charge in [0, 0.05) is 26.6 Å². The van der Waals surface area contributed by atoms with Crippen LogP contribution in [0.3, 0.4) is 0 Å². The highest BCUT2D eigenvalue weighted by molar-refractivity contribution is 5.85. The summed E-state index contributed by atoms with van der Waals surface area (Å²) in [7, 11) is 5.99. The van der Waals surface area contributed by atoms with Gasteiger partial charge in [0.1, 0.15) is 12.4 Å². The molecule has 186 valence electrons. The van der Waals surface area contributed by atoms with E-state index in [1.165, 1.54) is 22.3 Å². The van der Waals surface area contributed by atoms with Crippen molar-refractivity contribution in [2.45, 2.75) is 38.2 Å². The summed E-state index contributed by atoms with van der Waals surface area (Å²) in [4.78, 5) is 16.7. The molecule has 0 spiro atoms. The number of ether oxygens (including phenoxy) is 1. The lowest BCUT2D eigenvalue weighted by Crippen LogP contribution is -2.34. The number of benzene rings is 3. The van der Waals surface area contributed by atoms with E-state index in [-0.39, 0.29) is 18.3 Å². The zero-order valence-corrected chi connectivity index (χ0v) is 21.9. The molecule has 0 N–H and O–H groups in total. The van der Waals surface area contributed by atoms with E-state index in [1.807, 2.05) is 32.1 Å². The molecule has 4 nitrogen and oxygen atoms in total. The fourth-order valence-corrected chi connectivity index (χ4v) is 4.63. The molecule has 1 unspecified atom stereocenters. The molecule has 1 amide bonds. The quantitative estimate of drug-likeness (QED) is 0.357. The van der Waals surface area contributed by atoms with Gasteiger partial charge in [0.25, 0.3) is 0 Å². The minimum atomic E-state index is 0. The van der Waals surface area contributed by atoms with Crippen LogP contribution in [0.1, 0.15) is 41.9 Å². The third kappa shape index (κ3) is 7.33. The number of fused-ring (bicyclic) bond motifs is 1. The standard InChI is InChI=1S/C30H36N2O2.ClH/c1-31(2)18-19-32(3)30(33)21-27-11-7-10-26-20-28(16-17-29(26)27)34-22-23-12-14-25(15-13-23)24-8-5-4-6-9-24;/h4-6,8-9,12-17,20,27H,7,10-11,18-19,21-22H2,1-3H3;1H.